The lowest BCUT2D eigenvalue weighted by Gasteiger charge is -2.09. The third-order valence-corrected chi connectivity index (χ3v) is 2.69. The van der Waals surface area contributed by atoms with E-state index in [0.29, 0.717) is 23.6 Å². The molecule has 1 aromatic rings. The molecule has 3 nitrogen and oxygen atoms in total. The van der Waals surface area contributed by atoms with Crippen molar-refractivity contribution in [3.63, 3.8) is 0 Å². The fourth-order valence-corrected chi connectivity index (χ4v) is 1.66. The molecule has 2 N–H and O–H groups in total. The van der Waals surface area contributed by atoms with Crippen LogP contribution in [0.2, 0.25) is 0 Å². The smallest absolute Gasteiger partial charge is 0.143 e. The first-order valence-corrected chi connectivity index (χ1v) is 6.21. The molecule has 3 heteroatoms. The van der Waals surface area contributed by atoms with Gasteiger partial charge in [-0.15, -0.1) is 0 Å². The van der Waals surface area contributed by atoms with Crippen LogP contribution in [0.5, 0.6) is 5.75 Å². The number of hydrogen-bond donors (Lipinski definition) is 1. The van der Waals surface area contributed by atoms with Crippen LogP contribution in [0, 0.1) is 11.3 Å². The Hall–Kier alpha value is -1.69. The number of anilines is 1. The highest BCUT2D eigenvalue weighted by molar-refractivity contribution is 5.62. The summed E-state index contributed by atoms with van der Waals surface area (Å²) >= 11 is 0. The average Bonchev–Trinajstić information content (AvgIpc) is 2.35. The molecule has 0 spiro atoms. The predicted octanol–water partition coefficient (Wildman–Crippen LogP) is 3.49. The standard InChI is InChI=1S/C14H20N2O/c1-2-3-4-5-6-10-17-13-9-7-8-12(11-15)14(13)16/h7-9H,2-6,10,16H2,1H3. The number of nitrogens with two attached hydrogens (primary N) is 1. The first-order valence-electron chi connectivity index (χ1n) is 6.21. The van der Waals surface area contributed by atoms with Crippen molar-refractivity contribution < 1.29 is 4.74 Å². The number of rotatable bonds is 7. The lowest BCUT2D eigenvalue weighted by Crippen LogP contribution is -2.01. The first-order chi connectivity index (χ1) is 8.29. The van der Waals surface area contributed by atoms with E-state index in [2.05, 4.69) is 6.92 Å². The zero-order valence-corrected chi connectivity index (χ0v) is 10.4. The molecule has 1 aromatic carbocycles. The van der Waals surface area contributed by atoms with Gasteiger partial charge in [0.25, 0.3) is 0 Å². The molecule has 0 unspecified atom stereocenters. The molecular weight excluding hydrogens is 212 g/mol. The van der Waals surface area contributed by atoms with Gasteiger partial charge >= 0.3 is 0 Å². The van der Waals surface area contributed by atoms with Gasteiger partial charge in [0.05, 0.1) is 17.9 Å². The molecule has 0 fully saturated rings. The summed E-state index contributed by atoms with van der Waals surface area (Å²) in [5, 5.41) is 8.83. The van der Waals surface area contributed by atoms with Gasteiger partial charge in [0.15, 0.2) is 0 Å². The number of ether oxygens (including phenoxy) is 1. The predicted molar refractivity (Wildman–Crippen MR) is 69.8 cm³/mol. The molecule has 0 aliphatic carbocycles. The Labute approximate surface area is 103 Å². The summed E-state index contributed by atoms with van der Waals surface area (Å²) in [6.45, 7) is 2.87. The Morgan fingerprint density at radius 3 is 2.71 bits per heavy atom. The number of hydrogen-bond acceptors (Lipinski definition) is 3. The topological polar surface area (TPSA) is 59.0 Å². The highest BCUT2D eigenvalue weighted by Crippen LogP contribution is 2.24. The van der Waals surface area contributed by atoms with Crippen LogP contribution < -0.4 is 10.5 Å². The van der Waals surface area contributed by atoms with E-state index in [4.69, 9.17) is 15.7 Å². The molecule has 0 atom stereocenters. The van der Waals surface area contributed by atoms with E-state index in [9.17, 15) is 0 Å². The maximum atomic E-state index is 8.83. The van der Waals surface area contributed by atoms with Gasteiger partial charge < -0.3 is 10.5 Å². The molecular formula is C14H20N2O. The van der Waals surface area contributed by atoms with Crippen molar-refractivity contribution in [2.75, 3.05) is 12.3 Å². The van der Waals surface area contributed by atoms with Crippen LogP contribution in [-0.4, -0.2) is 6.61 Å². The molecule has 17 heavy (non-hydrogen) atoms. The van der Waals surface area contributed by atoms with E-state index in [0.717, 1.165) is 6.42 Å². The second-order valence-electron chi connectivity index (χ2n) is 4.09. The molecule has 0 heterocycles. The minimum atomic E-state index is 0.448. The number of unbranched alkanes of at least 4 members (excludes halogenated alkanes) is 4. The molecule has 0 radical (unpaired) electrons. The third kappa shape index (κ3) is 4.36. The summed E-state index contributed by atoms with van der Waals surface area (Å²) in [4.78, 5) is 0. The van der Waals surface area contributed by atoms with Crippen LogP contribution in [-0.2, 0) is 0 Å². The summed E-state index contributed by atoms with van der Waals surface area (Å²) in [7, 11) is 0. The highest BCUT2D eigenvalue weighted by Gasteiger charge is 2.04. The van der Waals surface area contributed by atoms with Crippen molar-refractivity contribution in [2.24, 2.45) is 0 Å². The molecule has 0 aromatic heterocycles. The summed E-state index contributed by atoms with van der Waals surface area (Å²) in [6.07, 6.45) is 6.01. The van der Waals surface area contributed by atoms with Crippen LogP contribution in [0.25, 0.3) is 0 Å². The van der Waals surface area contributed by atoms with Gasteiger partial charge in [-0.1, -0.05) is 38.7 Å². The summed E-state index contributed by atoms with van der Waals surface area (Å²) in [5.41, 5.74) is 6.74. The Balaban J connectivity index is 2.35. The second kappa shape index (κ2) is 7.56. The molecule has 1 rings (SSSR count). The summed E-state index contributed by atoms with van der Waals surface area (Å²) < 4.78 is 5.58. The van der Waals surface area contributed by atoms with E-state index in [1.54, 1.807) is 12.1 Å². The van der Waals surface area contributed by atoms with Crippen LogP contribution in [0.15, 0.2) is 18.2 Å². The van der Waals surface area contributed by atoms with Crippen LogP contribution >= 0.6 is 0 Å². The van der Waals surface area contributed by atoms with Gasteiger partial charge in [0.2, 0.25) is 0 Å². The van der Waals surface area contributed by atoms with Gasteiger partial charge in [-0.3, -0.25) is 0 Å². The SMILES string of the molecule is CCCCCCCOc1cccc(C#N)c1N. The fourth-order valence-electron chi connectivity index (χ4n) is 1.66. The molecule has 92 valence electrons. The van der Waals surface area contributed by atoms with Crippen LogP contribution in [0.4, 0.5) is 5.69 Å². The molecule has 0 bridgehead atoms. The molecule has 0 saturated carbocycles. The number of benzene rings is 1. The Bertz CT molecular complexity index is 382. The van der Waals surface area contributed by atoms with E-state index in [-0.39, 0.29) is 0 Å². The summed E-state index contributed by atoms with van der Waals surface area (Å²) in [6, 6.07) is 7.35. The maximum absolute atomic E-state index is 8.83. The monoisotopic (exact) mass is 232 g/mol. The summed E-state index contributed by atoms with van der Waals surface area (Å²) in [5.74, 6) is 0.625. The number of nitriles is 1. The molecule has 0 saturated heterocycles. The van der Waals surface area contributed by atoms with Crippen molar-refractivity contribution in [2.45, 2.75) is 39.0 Å². The van der Waals surface area contributed by atoms with E-state index < -0.39 is 0 Å². The van der Waals surface area contributed by atoms with Crippen LogP contribution in [0.3, 0.4) is 0 Å². The number of para-hydroxylation sites is 1. The van der Waals surface area contributed by atoms with Gasteiger partial charge in [-0.05, 0) is 18.6 Å². The minimum absolute atomic E-state index is 0.448. The quantitative estimate of drug-likeness (QED) is 0.578. The minimum Gasteiger partial charge on any atom is -0.491 e. The normalized spacial score (nSPS) is 9.88. The van der Waals surface area contributed by atoms with Gasteiger partial charge in [0, 0.05) is 0 Å². The lowest BCUT2D eigenvalue weighted by molar-refractivity contribution is 0.306. The number of nitrogen functional groups attached to an aromatic ring is 1. The molecule has 0 aliphatic rings. The van der Waals surface area contributed by atoms with Crippen molar-refractivity contribution in [3.8, 4) is 11.8 Å². The fraction of sp³-hybridized carbons (Fsp3) is 0.500. The molecule has 0 aliphatic heterocycles. The van der Waals surface area contributed by atoms with E-state index in [1.807, 2.05) is 12.1 Å². The number of nitrogens with zero attached hydrogens (tertiary/aromatic N) is 1. The van der Waals surface area contributed by atoms with Gasteiger partial charge in [0.1, 0.15) is 11.8 Å². The largest absolute Gasteiger partial charge is 0.491 e. The van der Waals surface area contributed by atoms with Crippen LogP contribution in [0.1, 0.15) is 44.6 Å². The lowest BCUT2D eigenvalue weighted by atomic mass is 10.1. The zero-order valence-electron chi connectivity index (χ0n) is 10.4. The Morgan fingerprint density at radius 1 is 1.24 bits per heavy atom. The molecule has 0 amide bonds. The van der Waals surface area contributed by atoms with E-state index in [1.165, 1.54) is 25.7 Å². The van der Waals surface area contributed by atoms with Gasteiger partial charge in [-0.25, -0.2) is 0 Å². The van der Waals surface area contributed by atoms with E-state index >= 15 is 0 Å². The van der Waals surface area contributed by atoms with Crippen molar-refractivity contribution in [3.05, 3.63) is 23.8 Å². The van der Waals surface area contributed by atoms with Crippen molar-refractivity contribution in [1.82, 2.24) is 0 Å². The van der Waals surface area contributed by atoms with Gasteiger partial charge in [-0.2, -0.15) is 5.26 Å². The second-order valence-corrected chi connectivity index (χ2v) is 4.09. The average molecular weight is 232 g/mol. The van der Waals surface area contributed by atoms with Crippen molar-refractivity contribution >= 4 is 5.69 Å². The zero-order chi connectivity index (χ0) is 12.5. The first kappa shape index (κ1) is 13.4. The Kier molecular flexibility index (Phi) is 5.95. The maximum Gasteiger partial charge on any atom is 0.143 e. The highest BCUT2D eigenvalue weighted by atomic mass is 16.5. The van der Waals surface area contributed by atoms with Crippen molar-refractivity contribution in [1.29, 1.82) is 5.26 Å². The third-order valence-electron chi connectivity index (χ3n) is 2.69. The Morgan fingerprint density at radius 2 is 2.00 bits per heavy atom.